The minimum Gasteiger partial charge on any atom is -0.495 e. The number of rotatable bonds is 7. The molecule has 0 spiro atoms. The first kappa shape index (κ1) is 12.5. The summed E-state index contributed by atoms with van der Waals surface area (Å²) in [7, 11) is 1.68. The minimum atomic E-state index is -0.837. The Bertz CT molecular complexity index is 214. The van der Waals surface area contributed by atoms with Crippen LogP contribution in [0.1, 0.15) is 19.8 Å². The molecule has 1 heterocycles. The fraction of sp³-hybridized carbons (Fsp3) is 0.818. The lowest BCUT2D eigenvalue weighted by atomic mass is 9.99. The summed E-state index contributed by atoms with van der Waals surface area (Å²) in [6.07, 6.45) is 3.53. The summed E-state index contributed by atoms with van der Waals surface area (Å²) in [5.41, 5.74) is -0.837. The largest absolute Gasteiger partial charge is 0.495 e. The summed E-state index contributed by atoms with van der Waals surface area (Å²) in [5, 5.41) is 13.3. The van der Waals surface area contributed by atoms with Gasteiger partial charge in [0, 0.05) is 20.1 Å². The number of aliphatic hydroxyl groups is 1. The normalized spacial score (nSPS) is 19.5. The van der Waals surface area contributed by atoms with Gasteiger partial charge in [-0.2, -0.15) is 0 Å². The van der Waals surface area contributed by atoms with Gasteiger partial charge in [-0.05, 0) is 26.0 Å². The molecule has 4 nitrogen and oxygen atoms in total. The lowest BCUT2D eigenvalue weighted by Gasteiger charge is -2.24. The fourth-order valence-electron chi connectivity index (χ4n) is 1.55. The van der Waals surface area contributed by atoms with Gasteiger partial charge in [0.2, 0.25) is 0 Å². The van der Waals surface area contributed by atoms with Crippen molar-refractivity contribution in [2.75, 3.05) is 33.4 Å². The average molecular weight is 215 g/mol. The topological polar surface area (TPSA) is 50.7 Å². The highest BCUT2D eigenvalue weighted by molar-refractivity contribution is 5.11. The molecule has 0 aromatic rings. The molecular weight excluding hydrogens is 194 g/mol. The van der Waals surface area contributed by atoms with Crippen LogP contribution in [-0.4, -0.2) is 44.1 Å². The fourth-order valence-corrected chi connectivity index (χ4v) is 1.55. The van der Waals surface area contributed by atoms with Gasteiger partial charge in [0.1, 0.15) is 11.4 Å². The summed E-state index contributed by atoms with van der Waals surface area (Å²) in [6.45, 7) is 4.76. The van der Waals surface area contributed by atoms with Crippen LogP contribution in [0.5, 0.6) is 0 Å². The Morgan fingerprint density at radius 1 is 1.60 bits per heavy atom. The number of ether oxygens (including phenoxy) is 2. The van der Waals surface area contributed by atoms with Crippen molar-refractivity contribution in [3.8, 4) is 0 Å². The monoisotopic (exact) mass is 215 g/mol. The summed E-state index contributed by atoms with van der Waals surface area (Å²) in [6, 6.07) is 0. The molecule has 1 aliphatic rings. The zero-order valence-electron chi connectivity index (χ0n) is 9.58. The van der Waals surface area contributed by atoms with Crippen molar-refractivity contribution in [1.29, 1.82) is 0 Å². The first-order valence-electron chi connectivity index (χ1n) is 5.42. The standard InChI is InChI=1S/C11H21NO3/c1-11(13,10-4-3-8-15-10)5-6-12-7-9-14-2/h4,12-13H,3,5-9H2,1-2H3. The van der Waals surface area contributed by atoms with Crippen molar-refractivity contribution in [2.45, 2.75) is 25.4 Å². The molecule has 0 radical (unpaired) electrons. The molecule has 0 saturated heterocycles. The molecule has 1 rings (SSSR count). The van der Waals surface area contributed by atoms with Crippen LogP contribution >= 0.6 is 0 Å². The molecular formula is C11H21NO3. The quantitative estimate of drug-likeness (QED) is 0.613. The molecule has 2 N–H and O–H groups in total. The predicted octanol–water partition coefficient (Wildman–Crippen LogP) is 0.668. The van der Waals surface area contributed by atoms with Crippen LogP contribution in [0.25, 0.3) is 0 Å². The van der Waals surface area contributed by atoms with Crippen molar-refractivity contribution in [1.82, 2.24) is 5.32 Å². The third-order valence-electron chi connectivity index (χ3n) is 2.51. The van der Waals surface area contributed by atoms with Crippen molar-refractivity contribution in [2.24, 2.45) is 0 Å². The Morgan fingerprint density at radius 2 is 2.40 bits per heavy atom. The van der Waals surface area contributed by atoms with Crippen LogP contribution < -0.4 is 5.32 Å². The summed E-state index contributed by atoms with van der Waals surface area (Å²) in [5.74, 6) is 0.719. The molecule has 0 aliphatic carbocycles. The summed E-state index contributed by atoms with van der Waals surface area (Å²) in [4.78, 5) is 0. The van der Waals surface area contributed by atoms with Crippen LogP contribution in [0.2, 0.25) is 0 Å². The highest BCUT2D eigenvalue weighted by Gasteiger charge is 2.28. The molecule has 88 valence electrons. The molecule has 0 amide bonds. The third-order valence-corrected chi connectivity index (χ3v) is 2.51. The minimum absolute atomic E-state index is 0.655. The lowest BCUT2D eigenvalue weighted by Crippen LogP contribution is -2.33. The molecule has 0 saturated carbocycles. The van der Waals surface area contributed by atoms with Gasteiger partial charge in [-0.15, -0.1) is 0 Å². The van der Waals surface area contributed by atoms with Crippen LogP contribution in [0.4, 0.5) is 0 Å². The molecule has 1 atom stereocenters. The first-order chi connectivity index (χ1) is 7.17. The Hall–Kier alpha value is -0.580. The van der Waals surface area contributed by atoms with Crippen molar-refractivity contribution in [3.05, 3.63) is 11.8 Å². The van der Waals surface area contributed by atoms with E-state index in [4.69, 9.17) is 9.47 Å². The molecule has 4 heteroatoms. The van der Waals surface area contributed by atoms with Gasteiger partial charge in [-0.25, -0.2) is 0 Å². The maximum Gasteiger partial charge on any atom is 0.123 e. The van der Waals surface area contributed by atoms with Crippen molar-refractivity contribution in [3.63, 3.8) is 0 Å². The smallest absolute Gasteiger partial charge is 0.123 e. The number of hydrogen-bond donors (Lipinski definition) is 2. The zero-order valence-corrected chi connectivity index (χ0v) is 9.58. The number of nitrogens with one attached hydrogen (secondary N) is 1. The molecule has 1 unspecified atom stereocenters. The first-order valence-corrected chi connectivity index (χ1v) is 5.42. The van der Waals surface area contributed by atoms with E-state index in [1.165, 1.54) is 0 Å². The Kier molecular flexibility index (Phi) is 5.08. The lowest BCUT2D eigenvalue weighted by molar-refractivity contribution is 0.0277. The molecule has 0 bridgehead atoms. The van der Waals surface area contributed by atoms with E-state index in [9.17, 15) is 5.11 Å². The summed E-state index contributed by atoms with van der Waals surface area (Å²) < 4.78 is 10.3. The Morgan fingerprint density at radius 3 is 3.00 bits per heavy atom. The van der Waals surface area contributed by atoms with Crippen LogP contribution in [-0.2, 0) is 9.47 Å². The van der Waals surface area contributed by atoms with Crippen LogP contribution in [0.15, 0.2) is 11.8 Å². The highest BCUT2D eigenvalue weighted by atomic mass is 16.5. The van der Waals surface area contributed by atoms with Crippen molar-refractivity contribution < 1.29 is 14.6 Å². The molecule has 15 heavy (non-hydrogen) atoms. The van der Waals surface area contributed by atoms with E-state index in [-0.39, 0.29) is 0 Å². The number of methoxy groups -OCH3 is 1. The van der Waals surface area contributed by atoms with Gasteiger partial charge in [0.15, 0.2) is 0 Å². The Labute approximate surface area is 91.3 Å². The SMILES string of the molecule is COCCNCCC(C)(O)C1=CCCO1. The second kappa shape index (κ2) is 6.10. The maximum atomic E-state index is 10.1. The van der Waals surface area contributed by atoms with E-state index in [2.05, 4.69) is 5.32 Å². The van der Waals surface area contributed by atoms with E-state index in [0.717, 1.165) is 25.3 Å². The summed E-state index contributed by atoms with van der Waals surface area (Å²) >= 11 is 0. The van der Waals surface area contributed by atoms with E-state index in [1.807, 2.05) is 6.08 Å². The van der Waals surface area contributed by atoms with Gasteiger partial charge in [-0.3, -0.25) is 0 Å². The molecule has 0 aromatic carbocycles. The third kappa shape index (κ3) is 4.20. The second-order valence-corrected chi connectivity index (χ2v) is 3.97. The van der Waals surface area contributed by atoms with E-state index < -0.39 is 5.60 Å². The van der Waals surface area contributed by atoms with Crippen molar-refractivity contribution >= 4 is 0 Å². The van der Waals surface area contributed by atoms with E-state index >= 15 is 0 Å². The van der Waals surface area contributed by atoms with E-state index in [1.54, 1.807) is 14.0 Å². The predicted molar refractivity (Wildman–Crippen MR) is 58.6 cm³/mol. The molecule has 0 fully saturated rings. The average Bonchev–Trinajstić information content (AvgIpc) is 2.70. The molecule has 0 aromatic heterocycles. The van der Waals surface area contributed by atoms with Gasteiger partial charge in [0.05, 0.1) is 13.2 Å². The van der Waals surface area contributed by atoms with E-state index in [0.29, 0.717) is 19.6 Å². The second-order valence-electron chi connectivity index (χ2n) is 3.97. The number of hydrogen-bond acceptors (Lipinski definition) is 4. The van der Waals surface area contributed by atoms with Gasteiger partial charge >= 0.3 is 0 Å². The van der Waals surface area contributed by atoms with Crippen LogP contribution in [0.3, 0.4) is 0 Å². The maximum absolute atomic E-state index is 10.1. The highest BCUT2D eigenvalue weighted by Crippen LogP contribution is 2.25. The van der Waals surface area contributed by atoms with Crippen LogP contribution in [0, 0.1) is 0 Å². The van der Waals surface area contributed by atoms with Gasteiger partial charge < -0.3 is 19.9 Å². The Balaban J connectivity index is 2.18. The molecule has 1 aliphatic heterocycles. The van der Waals surface area contributed by atoms with Gasteiger partial charge in [0.25, 0.3) is 0 Å². The van der Waals surface area contributed by atoms with Gasteiger partial charge in [-0.1, -0.05) is 0 Å². The zero-order chi connectivity index (χ0) is 11.1.